The summed E-state index contributed by atoms with van der Waals surface area (Å²) in [4.78, 5) is 12.9. The maximum atomic E-state index is 12.9. The summed E-state index contributed by atoms with van der Waals surface area (Å²) in [6.45, 7) is -0.401. The first-order valence-corrected chi connectivity index (χ1v) is 12.7. The smallest absolute Gasteiger partial charge is 0.446 e. The second-order valence-electron chi connectivity index (χ2n) is 8.69. The van der Waals surface area contributed by atoms with Crippen LogP contribution in [0.15, 0.2) is 48.5 Å². The Morgan fingerprint density at radius 2 is 1.56 bits per heavy atom. The van der Waals surface area contributed by atoms with Gasteiger partial charge in [0.2, 0.25) is 5.78 Å². The van der Waals surface area contributed by atoms with Crippen LogP contribution in [0.2, 0.25) is 0 Å². The highest BCUT2D eigenvalue weighted by molar-refractivity contribution is 7.81. The van der Waals surface area contributed by atoms with Crippen LogP contribution in [0.25, 0.3) is 0 Å². The van der Waals surface area contributed by atoms with Crippen molar-refractivity contribution in [2.75, 3.05) is 13.7 Å². The molecule has 0 saturated heterocycles. The Balaban J connectivity index is 1.49. The van der Waals surface area contributed by atoms with Crippen molar-refractivity contribution >= 4 is 16.2 Å². The Hall–Kier alpha value is -4.24. The van der Waals surface area contributed by atoms with E-state index >= 15 is 0 Å². The summed E-state index contributed by atoms with van der Waals surface area (Å²) in [5, 5.41) is 40.8. The molecule has 0 fully saturated rings. The van der Waals surface area contributed by atoms with Gasteiger partial charge in [-0.05, 0) is 29.8 Å². The van der Waals surface area contributed by atoms with Crippen molar-refractivity contribution in [1.82, 2.24) is 0 Å². The predicted molar refractivity (Wildman–Crippen MR) is 130 cm³/mol. The van der Waals surface area contributed by atoms with Crippen LogP contribution in [-0.4, -0.2) is 65.1 Å². The molecule has 5 rings (SSSR count). The monoisotopic (exact) mass is 562 g/mol. The minimum atomic E-state index is -4.93. The van der Waals surface area contributed by atoms with E-state index in [1.54, 1.807) is 6.07 Å². The number of aliphatic hydroxyl groups is 2. The van der Waals surface area contributed by atoms with Crippen molar-refractivity contribution in [1.29, 1.82) is 0 Å². The van der Waals surface area contributed by atoms with Crippen LogP contribution in [0.4, 0.5) is 0 Å². The third kappa shape index (κ3) is 4.97. The van der Waals surface area contributed by atoms with Crippen LogP contribution in [-0.2, 0) is 10.4 Å². The summed E-state index contributed by atoms with van der Waals surface area (Å²) < 4.78 is 58.4. The van der Waals surface area contributed by atoms with E-state index in [1.165, 1.54) is 37.4 Å². The SMILES string of the molecule is COc1cc(C2Oc3cc([C@H]4Oc5cc(OS(=O)(=O)O)cc(O)c5C(=O)[C@@H]4O)ccc3OC2CO)ccc1O. The van der Waals surface area contributed by atoms with Crippen molar-refractivity contribution in [2.45, 2.75) is 24.4 Å². The summed E-state index contributed by atoms with van der Waals surface area (Å²) >= 11 is 0. The number of ether oxygens (including phenoxy) is 4. The van der Waals surface area contributed by atoms with E-state index in [4.69, 9.17) is 23.5 Å². The fourth-order valence-electron chi connectivity index (χ4n) is 4.44. The first-order valence-electron chi connectivity index (χ1n) is 11.4. The van der Waals surface area contributed by atoms with E-state index in [9.17, 15) is 33.6 Å². The van der Waals surface area contributed by atoms with Crippen molar-refractivity contribution in [3.63, 3.8) is 0 Å². The van der Waals surface area contributed by atoms with Crippen LogP contribution in [0, 0.1) is 0 Å². The topological polar surface area (TPSA) is 199 Å². The Bertz CT molecular complexity index is 1550. The van der Waals surface area contributed by atoms with E-state index in [-0.39, 0.29) is 34.3 Å². The van der Waals surface area contributed by atoms with Gasteiger partial charge in [-0.15, -0.1) is 0 Å². The Kier molecular flexibility index (Phi) is 6.64. The Morgan fingerprint density at radius 1 is 0.872 bits per heavy atom. The Morgan fingerprint density at radius 3 is 2.26 bits per heavy atom. The second-order valence-corrected chi connectivity index (χ2v) is 9.71. The summed E-state index contributed by atoms with van der Waals surface area (Å²) in [6.07, 6.45) is -4.72. The number of benzene rings is 3. The van der Waals surface area contributed by atoms with Gasteiger partial charge in [0.1, 0.15) is 17.1 Å². The molecular weight excluding hydrogens is 540 g/mol. The fourth-order valence-corrected chi connectivity index (χ4v) is 4.78. The molecule has 0 saturated carbocycles. The van der Waals surface area contributed by atoms with E-state index in [1.807, 2.05) is 0 Å². The van der Waals surface area contributed by atoms with Gasteiger partial charge in [0.25, 0.3) is 0 Å². The van der Waals surface area contributed by atoms with Crippen LogP contribution in [0.1, 0.15) is 33.7 Å². The molecule has 13 nitrogen and oxygen atoms in total. The third-order valence-electron chi connectivity index (χ3n) is 6.19. The lowest BCUT2D eigenvalue weighted by Gasteiger charge is -2.35. The number of hydrogen-bond donors (Lipinski definition) is 5. The molecule has 0 amide bonds. The van der Waals surface area contributed by atoms with Gasteiger partial charge in [0, 0.05) is 17.7 Å². The number of methoxy groups -OCH3 is 1. The molecule has 0 aliphatic carbocycles. The standard InChI is InChI=1S/C25H22O13S/c1-34-17-6-11(2-4-14(17)27)24-20(10-26)35-16-5-3-12(7-18(16)36-24)25-23(30)22(29)21-15(28)8-13(9-19(21)37-25)38-39(31,32)33/h2-9,20,23-28,30H,10H2,1H3,(H,31,32,33)/t20?,23-,24?,25+/m0/s1. The normalized spacial score (nSPS) is 22.0. The lowest BCUT2D eigenvalue weighted by atomic mass is 9.92. The van der Waals surface area contributed by atoms with Crippen molar-refractivity contribution in [3.8, 4) is 40.2 Å². The van der Waals surface area contributed by atoms with Gasteiger partial charge in [-0.2, -0.15) is 8.42 Å². The molecule has 2 unspecified atom stereocenters. The highest BCUT2D eigenvalue weighted by Crippen LogP contribution is 2.46. The molecule has 0 spiro atoms. The van der Waals surface area contributed by atoms with E-state index in [2.05, 4.69) is 4.18 Å². The lowest BCUT2D eigenvalue weighted by Crippen LogP contribution is -2.37. The number of rotatable bonds is 6. The predicted octanol–water partition coefficient (Wildman–Crippen LogP) is 1.84. The minimum Gasteiger partial charge on any atom is -0.507 e. The van der Waals surface area contributed by atoms with E-state index < -0.39 is 64.3 Å². The molecule has 5 N–H and O–H groups in total. The van der Waals surface area contributed by atoms with Crippen molar-refractivity contribution < 1.29 is 61.3 Å². The number of ketones is 1. The first-order chi connectivity index (χ1) is 18.5. The molecule has 4 atom stereocenters. The molecule has 39 heavy (non-hydrogen) atoms. The minimum absolute atomic E-state index is 0.0919. The number of fused-ring (bicyclic) bond motifs is 2. The van der Waals surface area contributed by atoms with Crippen LogP contribution in [0.5, 0.6) is 40.2 Å². The summed E-state index contributed by atoms with van der Waals surface area (Å²) in [6, 6.07) is 10.7. The zero-order valence-electron chi connectivity index (χ0n) is 20.0. The molecule has 206 valence electrons. The average molecular weight is 563 g/mol. The number of hydrogen-bond acceptors (Lipinski definition) is 12. The maximum absolute atomic E-state index is 12.9. The van der Waals surface area contributed by atoms with Crippen LogP contribution >= 0.6 is 0 Å². The van der Waals surface area contributed by atoms with E-state index in [0.29, 0.717) is 5.56 Å². The number of Topliss-reactive ketones (excluding diaryl/α,β-unsaturated/α-hetero) is 1. The summed E-state index contributed by atoms with van der Waals surface area (Å²) in [7, 11) is -3.55. The zero-order chi connectivity index (χ0) is 28.1. The van der Waals surface area contributed by atoms with Gasteiger partial charge < -0.3 is 43.6 Å². The first kappa shape index (κ1) is 26.4. The van der Waals surface area contributed by atoms with Crippen LogP contribution in [0.3, 0.4) is 0 Å². The number of carbonyl (C=O) groups is 1. The molecular formula is C25H22O13S. The Labute approximate surface area is 221 Å². The van der Waals surface area contributed by atoms with Crippen LogP contribution < -0.4 is 23.1 Å². The van der Waals surface area contributed by atoms with Gasteiger partial charge in [-0.3, -0.25) is 9.35 Å². The van der Waals surface area contributed by atoms with Gasteiger partial charge in [0.05, 0.1) is 13.7 Å². The number of carbonyl (C=O) groups excluding carboxylic acids is 1. The van der Waals surface area contributed by atoms with Gasteiger partial charge in [-0.1, -0.05) is 12.1 Å². The molecule has 2 heterocycles. The number of aliphatic hydroxyl groups excluding tert-OH is 2. The summed E-state index contributed by atoms with van der Waals surface area (Å²) in [5.41, 5.74) is 0.389. The lowest BCUT2D eigenvalue weighted by molar-refractivity contribution is -0.0130. The highest BCUT2D eigenvalue weighted by Gasteiger charge is 2.41. The van der Waals surface area contributed by atoms with Gasteiger partial charge in [0.15, 0.2) is 53.2 Å². The molecule has 2 aliphatic heterocycles. The number of phenols is 2. The second kappa shape index (κ2) is 9.81. The molecule has 0 bridgehead atoms. The molecule has 2 aliphatic rings. The van der Waals surface area contributed by atoms with Gasteiger partial charge >= 0.3 is 10.4 Å². The largest absolute Gasteiger partial charge is 0.507 e. The van der Waals surface area contributed by atoms with Crippen molar-refractivity contribution in [2.24, 2.45) is 0 Å². The molecule has 3 aromatic carbocycles. The van der Waals surface area contributed by atoms with Crippen molar-refractivity contribution in [3.05, 3.63) is 65.2 Å². The quantitative estimate of drug-likeness (QED) is 0.273. The molecule has 0 radical (unpaired) electrons. The molecule has 14 heteroatoms. The van der Waals surface area contributed by atoms with E-state index in [0.717, 1.165) is 12.1 Å². The zero-order valence-corrected chi connectivity index (χ0v) is 20.9. The maximum Gasteiger partial charge on any atom is 0.446 e. The van der Waals surface area contributed by atoms with Gasteiger partial charge in [-0.25, -0.2) is 0 Å². The molecule has 3 aromatic rings. The average Bonchev–Trinajstić information content (AvgIpc) is 2.88. The summed E-state index contributed by atoms with van der Waals surface area (Å²) in [5.74, 6) is -1.90. The fraction of sp³-hybridized carbons (Fsp3) is 0.240. The highest BCUT2D eigenvalue weighted by atomic mass is 32.3. The number of phenolic OH excluding ortho intramolecular Hbond substituents is 2. The molecule has 0 aromatic heterocycles. The third-order valence-corrected chi connectivity index (χ3v) is 6.59. The number of aromatic hydroxyl groups is 2.